The molecule has 0 amide bonds. The summed E-state index contributed by atoms with van der Waals surface area (Å²) in [6.45, 7) is 6.94. The molecule has 0 radical (unpaired) electrons. The molecule has 0 bridgehead atoms. The van der Waals surface area contributed by atoms with Gasteiger partial charge in [-0.25, -0.2) is 0 Å². The van der Waals surface area contributed by atoms with Gasteiger partial charge in [0.15, 0.2) is 5.96 Å². The van der Waals surface area contributed by atoms with Gasteiger partial charge in [0.25, 0.3) is 0 Å². The van der Waals surface area contributed by atoms with Crippen molar-refractivity contribution in [2.45, 2.75) is 32.7 Å². The highest BCUT2D eigenvalue weighted by Gasteiger charge is 2.09. The number of aliphatic imine (C=N–C) groups is 1. The molecule has 3 N–H and O–H groups in total. The number of nitrogens with zero attached hydrogens (tertiary/aromatic N) is 1. The standard InChI is InChI=1S/C11H18IN3S.HI/c1-11(2,3)15-10(13)14-7-6-8-4-5-9(12)16-8;/h4-5H,6-7H2,1-3H3,(H3,13,14,15);1H. The lowest BCUT2D eigenvalue weighted by Crippen LogP contribution is -2.45. The summed E-state index contributed by atoms with van der Waals surface area (Å²) in [5.41, 5.74) is 5.75. The van der Waals surface area contributed by atoms with Crippen LogP contribution in [0.3, 0.4) is 0 Å². The van der Waals surface area contributed by atoms with E-state index in [1.165, 1.54) is 7.76 Å². The van der Waals surface area contributed by atoms with Crippen LogP contribution in [-0.4, -0.2) is 18.0 Å². The Morgan fingerprint density at radius 3 is 2.59 bits per heavy atom. The van der Waals surface area contributed by atoms with E-state index in [0.29, 0.717) is 5.96 Å². The molecule has 0 aliphatic rings. The normalized spacial score (nSPS) is 12.1. The summed E-state index contributed by atoms with van der Waals surface area (Å²) in [6, 6.07) is 4.27. The van der Waals surface area contributed by atoms with Gasteiger partial charge in [-0.3, -0.25) is 4.99 Å². The summed E-state index contributed by atoms with van der Waals surface area (Å²) in [6.07, 6.45) is 0.959. The molecule has 1 aromatic heterocycles. The van der Waals surface area contributed by atoms with Gasteiger partial charge in [0, 0.05) is 23.4 Å². The van der Waals surface area contributed by atoms with E-state index in [1.54, 1.807) is 0 Å². The number of rotatable bonds is 3. The second-order valence-electron chi connectivity index (χ2n) is 4.60. The minimum absolute atomic E-state index is 0. The van der Waals surface area contributed by atoms with E-state index in [-0.39, 0.29) is 29.5 Å². The maximum absolute atomic E-state index is 5.77. The fourth-order valence-corrected chi connectivity index (χ4v) is 2.94. The van der Waals surface area contributed by atoms with E-state index in [9.17, 15) is 0 Å². The van der Waals surface area contributed by atoms with Crippen LogP contribution in [0.4, 0.5) is 0 Å². The highest BCUT2D eigenvalue weighted by molar-refractivity contribution is 14.1. The van der Waals surface area contributed by atoms with Gasteiger partial charge in [-0.05, 0) is 55.5 Å². The van der Waals surface area contributed by atoms with Crippen LogP contribution < -0.4 is 11.1 Å². The lowest BCUT2D eigenvalue weighted by Gasteiger charge is -2.20. The fourth-order valence-electron chi connectivity index (χ4n) is 1.20. The third-order valence-electron chi connectivity index (χ3n) is 1.77. The largest absolute Gasteiger partial charge is 0.370 e. The van der Waals surface area contributed by atoms with Gasteiger partial charge in [-0.1, -0.05) is 0 Å². The first kappa shape index (κ1) is 17.4. The zero-order valence-corrected chi connectivity index (χ0v) is 15.6. The molecule has 1 rings (SSSR count). The Bertz CT molecular complexity index is 369. The van der Waals surface area contributed by atoms with Crippen LogP contribution in [-0.2, 0) is 6.42 Å². The number of hydrogen-bond acceptors (Lipinski definition) is 2. The summed E-state index contributed by atoms with van der Waals surface area (Å²) < 4.78 is 1.32. The molecule has 6 heteroatoms. The smallest absolute Gasteiger partial charge is 0.188 e. The van der Waals surface area contributed by atoms with E-state index in [4.69, 9.17) is 5.73 Å². The van der Waals surface area contributed by atoms with Gasteiger partial charge in [0.1, 0.15) is 0 Å². The van der Waals surface area contributed by atoms with Gasteiger partial charge in [0.05, 0.1) is 2.88 Å². The lowest BCUT2D eigenvalue weighted by atomic mass is 10.1. The van der Waals surface area contributed by atoms with Crippen molar-refractivity contribution in [3.05, 3.63) is 19.9 Å². The average Bonchev–Trinajstić information content (AvgIpc) is 2.48. The van der Waals surface area contributed by atoms with Crippen molar-refractivity contribution < 1.29 is 0 Å². The molecule has 0 unspecified atom stereocenters. The maximum Gasteiger partial charge on any atom is 0.188 e. The van der Waals surface area contributed by atoms with Gasteiger partial charge in [-0.15, -0.1) is 35.3 Å². The molecular weight excluding hydrogens is 460 g/mol. The van der Waals surface area contributed by atoms with Crippen molar-refractivity contribution >= 4 is 63.9 Å². The highest BCUT2D eigenvalue weighted by Crippen LogP contribution is 2.18. The minimum atomic E-state index is -0.0219. The first-order valence-corrected chi connectivity index (χ1v) is 7.09. The van der Waals surface area contributed by atoms with Crippen molar-refractivity contribution in [2.24, 2.45) is 10.7 Å². The molecule has 0 saturated heterocycles. The molecule has 1 heterocycles. The van der Waals surface area contributed by atoms with Crippen molar-refractivity contribution in [3.63, 3.8) is 0 Å². The minimum Gasteiger partial charge on any atom is -0.370 e. The molecule has 0 fully saturated rings. The van der Waals surface area contributed by atoms with Crippen molar-refractivity contribution in [1.29, 1.82) is 0 Å². The van der Waals surface area contributed by atoms with Crippen LogP contribution >= 0.6 is 57.9 Å². The molecule has 0 aliphatic heterocycles. The Balaban J connectivity index is 0.00000256. The molecule has 0 aromatic carbocycles. The summed E-state index contributed by atoms with van der Waals surface area (Å²) in [5.74, 6) is 0.527. The first-order chi connectivity index (χ1) is 7.37. The van der Waals surface area contributed by atoms with Crippen LogP contribution in [0.15, 0.2) is 17.1 Å². The topological polar surface area (TPSA) is 50.4 Å². The van der Waals surface area contributed by atoms with Crippen molar-refractivity contribution in [1.82, 2.24) is 5.32 Å². The third-order valence-corrected chi connectivity index (χ3v) is 3.73. The molecule has 98 valence electrons. The van der Waals surface area contributed by atoms with Crippen LogP contribution in [0.25, 0.3) is 0 Å². The number of halogens is 2. The third kappa shape index (κ3) is 8.20. The monoisotopic (exact) mass is 479 g/mol. The SMILES string of the molecule is CC(C)(C)NC(N)=NCCc1ccc(I)s1.I. The Kier molecular flexibility index (Phi) is 7.97. The molecule has 0 saturated carbocycles. The Labute approximate surface area is 138 Å². The van der Waals surface area contributed by atoms with E-state index >= 15 is 0 Å². The van der Waals surface area contributed by atoms with Gasteiger partial charge >= 0.3 is 0 Å². The quantitative estimate of drug-likeness (QED) is 0.398. The van der Waals surface area contributed by atoms with Gasteiger partial charge in [0.2, 0.25) is 0 Å². The molecule has 0 atom stereocenters. The zero-order valence-electron chi connectivity index (χ0n) is 10.3. The fraction of sp³-hybridized carbons (Fsp3) is 0.545. The first-order valence-electron chi connectivity index (χ1n) is 5.19. The summed E-state index contributed by atoms with van der Waals surface area (Å²) in [7, 11) is 0. The van der Waals surface area contributed by atoms with E-state index in [1.807, 2.05) is 11.3 Å². The number of thiophene rings is 1. The van der Waals surface area contributed by atoms with E-state index in [0.717, 1.165) is 13.0 Å². The molecule has 17 heavy (non-hydrogen) atoms. The number of guanidine groups is 1. The molecule has 0 spiro atoms. The van der Waals surface area contributed by atoms with E-state index < -0.39 is 0 Å². The lowest BCUT2D eigenvalue weighted by molar-refractivity contribution is 0.508. The van der Waals surface area contributed by atoms with Gasteiger partial charge < -0.3 is 11.1 Å². The average molecular weight is 479 g/mol. The number of nitrogens with two attached hydrogens (primary N) is 1. The summed E-state index contributed by atoms with van der Waals surface area (Å²) in [5, 5.41) is 3.14. The van der Waals surface area contributed by atoms with Crippen molar-refractivity contribution in [2.75, 3.05) is 6.54 Å². The Morgan fingerprint density at radius 2 is 2.12 bits per heavy atom. The van der Waals surface area contributed by atoms with Crippen LogP contribution in [0, 0.1) is 2.88 Å². The van der Waals surface area contributed by atoms with E-state index in [2.05, 4.69) is 65.8 Å². The molecule has 3 nitrogen and oxygen atoms in total. The summed E-state index contributed by atoms with van der Waals surface area (Å²) in [4.78, 5) is 5.66. The van der Waals surface area contributed by atoms with Gasteiger partial charge in [-0.2, -0.15) is 0 Å². The Hall–Kier alpha value is 0.430. The van der Waals surface area contributed by atoms with Crippen LogP contribution in [0.5, 0.6) is 0 Å². The Morgan fingerprint density at radius 1 is 1.47 bits per heavy atom. The van der Waals surface area contributed by atoms with Crippen molar-refractivity contribution in [3.8, 4) is 0 Å². The second-order valence-corrected chi connectivity index (χ2v) is 7.66. The highest BCUT2D eigenvalue weighted by atomic mass is 127. The summed E-state index contributed by atoms with van der Waals surface area (Å²) >= 11 is 4.14. The van der Waals surface area contributed by atoms with Crippen LogP contribution in [0.1, 0.15) is 25.6 Å². The molecule has 1 aromatic rings. The molecule has 0 aliphatic carbocycles. The number of hydrogen-bond donors (Lipinski definition) is 2. The second kappa shape index (κ2) is 7.78. The predicted octanol–water partition coefficient (Wildman–Crippen LogP) is 3.22. The van der Waals surface area contributed by atoms with Crippen LogP contribution in [0.2, 0.25) is 0 Å². The zero-order chi connectivity index (χ0) is 12.2. The molecular formula is C11H19I2N3S. The number of nitrogens with one attached hydrogen (secondary N) is 1. The maximum atomic E-state index is 5.77. The predicted molar refractivity (Wildman–Crippen MR) is 95.5 cm³/mol.